The smallest absolute Gasteiger partial charge is 0.121 e. The van der Waals surface area contributed by atoms with Crippen LogP contribution in [-0.4, -0.2) is 24.4 Å². The first-order valence-corrected chi connectivity index (χ1v) is 4.59. The standard InChI is InChI=1S/C8H15ClO2/c1-6-3-8(10-5-9)4-7(2)11-6/h6-8H,3-5H2,1-2H3. The maximum atomic E-state index is 5.54. The highest BCUT2D eigenvalue weighted by Gasteiger charge is 2.24. The summed E-state index contributed by atoms with van der Waals surface area (Å²) < 4.78 is 10.8. The van der Waals surface area contributed by atoms with Gasteiger partial charge < -0.3 is 9.47 Å². The van der Waals surface area contributed by atoms with Crippen LogP contribution in [0.25, 0.3) is 0 Å². The van der Waals surface area contributed by atoms with Crippen LogP contribution in [-0.2, 0) is 9.47 Å². The molecule has 0 aliphatic carbocycles. The Bertz CT molecular complexity index is 109. The van der Waals surface area contributed by atoms with Crippen LogP contribution < -0.4 is 0 Å². The normalized spacial score (nSPS) is 39.0. The summed E-state index contributed by atoms with van der Waals surface area (Å²) in [5, 5.41) is 0. The Labute approximate surface area is 72.8 Å². The van der Waals surface area contributed by atoms with Gasteiger partial charge in [0, 0.05) is 0 Å². The molecule has 0 saturated carbocycles. The average molecular weight is 179 g/mol. The fourth-order valence-corrected chi connectivity index (χ4v) is 1.75. The lowest BCUT2D eigenvalue weighted by molar-refractivity contribution is -0.0940. The summed E-state index contributed by atoms with van der Waals surface area (Å²) in [5.74, 6) is 0. The van der Waals surface area contributed by atoms with Gasteiger partial charge in [-0.15, -0.1) is 0 Å². The largest absolute Gasteiger partial charge is 0.375 e. The predicted octanol–water partition coefficient (Wildman–Crippen LogP) is 2.16. The third kappa shape index (κ3) is 2.97. The molecule has 0 aromatic carbocycles. The second-order valence-corrected chi connectivity index (χ2v) is 3.34. The van der Waals surface area contributed by atoms with Crippen molar-refractivity contribution in [3.63, 3.8) is 0 Å². The molecule has 0 aromatic rings. The van der Waals surface area contributed by atoms with E-state index in [1.165, 1.54) is 0 Å². The summed E-state index contributed by atoms with van der Waals surface area (Å²) in [4.78, 5) is 0. The zero-order chi connectivity index (χ0) is 8.27. The quantitative estimate of drug-likeness (QED) is 0.604. The first-order chi connectivity index (χ1) is 5.22. The molecule has 11 heavy (non-hydrogen) atoms. The van der Waals surface area contributed by atoms with Crippen LogP contribution in [0.15, 0.2) is 0 Å². The van der Waals surface area contributed by atoms with Crippen molar-refractivity contribution in [1.82, 2.24) is 0 Å². The van der Waals surface area contributed by atoms with Gasteiger partial charge in [-0.05, 0) is 26.7 Å². The van der Waals surface area contributed by atoms with Crippen LogP contribution in [0.4, 0.5) is 0 Å². The van der Waals surface area contributed by atoms with Gasteiger partial charge in [0.15, 0.2) is 0 Å². The molecule has 0 radical (unpaired) electrons. The molecule has 0 amide bonds. The van der Waals surface area contributed by atoms with Crippen molar-refractivity contribution in [2.24, 2.45) is 0 Å². The van der Waals surface area contributed by atoms with Gasteiger partial charge in [-0.1, -0.05) is 11.6 Å². The molecule has 1 aliphatic rings. The molecule has 1 heterocycles. The lowest BCUT2D eigenvalue weighted by Gasteiger charge is -2.31. The van der Waals surface area contributed by atoms with Gasteiger partial charge in [-0.3, -0.25) is 0 Å². The van der Waals surface area contributed by atoms with Gasteiger partial charge in [-0.25, -0.2) is 0 Å². The van der Waals surface area contributed by atoms with E-state index >= 15 is 0 Å². The Balaban J connectivity index is 2.30. The number of hydrogen-bond acceptors (Lipinski definition) is 2. The number of rotatable bonds is 2. The minimum Gasteiger partial charge on any atom is -0.375 e. The van der Waals surface area contributed by atoms with E-state index in [2.05, 4.69) is 13.8 Å². The van der Waals surface area contributed by atoms with E-state index in [-0.39, 0.29) is 0 Å². The van der Waals surface area contributed by atoms with Crippen LogP contribution in [0.3, 0.4) is 0 Å². The molecule has 2 nitrogen and oxygen atoms in total. The molecule has 0 aromatic heterocycles. The van der Waals surface area contributed by atoms with E-state index in [0.717, 1.165) is 12.8 Å². The van der Waals surface area contributed by atoms with Crippen LogP contribution in [0.5, 0.6) is 0 Å². The average Bonchev–Trinajstić information content (AvgIpc) is 1.85. The Morgan fingerprint density at radius 2 is 1.91 bits per heavy atom. The zero-order valence-corrected chi connectivity index (χ0v) is 7.80. The minimum atomic E-state index is 0.296. The molecule has 3 heteroatoms. The Morgan fingerprint density at radius 3 is 2.36 bits per heavy atom. The Hall–Kier alpha value is 0.210. The number of halogens is 1. The summed E-state index contributed by atoms with van der Waals surface area (Å²) >= 11 is 5.47. The first-order valence-electron chi connectivity index (χ1n) is 4.05. The molecule has 1 aliphatic heterocycles. The van der Waals surface area contributed by atoms with Crippen molar-refractivity contribution >= 4 is 11.6 Å². The number of ether oxygens (including phenoxy) is 2. The lowest BCUT2D eigenvalue weighted by atomic mass is 10.0. The topological polar surface area (TPSA) is 18.5 Å². The Kier molecular flexibility index (Phi) is 3.63. The van der Waals surface area contributed by atoms with Crippen LogP contribution >= 0.6 is 11.6 Å². The Morgan fingerprint density at radius 1 is 1.36 bits per heavy atom. The van der Waals surface area contributed by atoms with E-state index in [9.17, 15) is 0 Å². The van der Waals surface area contributed by atoms with E-state index in [1.54, 1.807) is 0 Å². The van der Waals surface area contributed by atoms with Gasteiger partial charge >= 0.3 is 0 Å². The summed E-state index contributed by atoms with van der Waals surface area (Å²) in [6.07, 6.45) is 2.86. The van der Waals surface area contributed by atoms with Gasteiger partial charge in [0.25, 0.3) is 0 Å². The molecular formula is C8H15ClO2. The molecule has 0 N–H and O–H groups in total. The fraction of sp³-hybridized carbons (Fsp3) is 1.00. The van der Waals surface area contributed by atoms with Crippen molar-refractivity contribution in [1.29, 1.82) is 0 Å². The van der Waals surface area contributed by atoms with Gasteiger partial charge in [0.05, 0.1) is 18.3 Å². The van der Waals surface area contributed by atoms with E-state index < -0.39 is 0 Å². The highest BCUT2D eigenvalue weighted by molar-refractivity contribution is 6.17. The van der Waals surface area contributed by atoms with Crippen LogP contribution in [0.2, 0.25) is 0 Å². The summed E-state index contributed by atoms with van der Waals surface area (Å²) in [6.45, 7) is 4.14. The second kappa shape index (κ2) is 4.29. The first kappa shape index (κ1) is 9.30. The SMILES string of the molecule is CC1CC(OCCl)CC(C)O1. The molecule has 2 atom stereocenters. The summed E-state index contributed by atoms with van der Waals surface area (Å²) in [7, 11) is 0. The van der Waals surface area contributed by atoms with Gasteiger partial charge in [0.2, 0.25) is 0 Å². The molecule has 2 unspecified atom stereocenters. The van der Waals surface area contributed by atoms with Crippen molar-refractivity contribution in [3.8, 4) is 0 Å². The van der Waals surface area contributed by atoms with Crippen molar-refractivity contribution in [3.05, 3.63) is 0 Å². The predicted molar refractivity (Wildman–Crippen MR) is 44.8 cm³/mol. The monoisotopic (exact) mass is 178 g/mol. The molecule has 1 saturated heterocycles. The van der Waals surface area contributed by atoms with E-state index in [0.29, 0.717) is 24.4 Å². The number of alkyl halides is 1. The molecule has 0 bridgehead atoms. The zero-order valence-electron chi connectivity index (χ0n) is 7.05. The van der Waals surface area contributed by atoms with Crippen molar-refractivity contribution < 1.29 is 9.47 Å². The summed E-state index contributed by atoms with van der Waals surface area (Å²) in [5.41, 5.74) is 0. The fourth-order valence-electron chi connectivity index (χ4n) is 1.57. The highest BCUT2D eigenvalue weighted by Crippen LogP contribution is 2.21. The molecule has 66 valence electrons. The van der Waals surface area contributed by atoms with Crippen molar-refractivity contribution in [2.75, 3.05) is 6.07 Å². The van der Waals surface area contributed by atoms with E-state index in [4.69, 9.17) is 21.1 Å². The maximum absolute atomic E-state index is 5.54. The lowest BCUT2D eigenvalue weighted by Crippen LogP contribution is -2.33. The van der Waals surface area contributed by atoms with E-state index in [1.807, 2.05) is 0 Å². The molecule has 1 fully saturated rings. The maximum Gasteiger partial charge on any atom is 0.121 e. The van der Waals surface area contributed by atoms with Gasteiger partial charge in [0.1, 0.15) is 6.07 Å². The number of hydrogen-bond donors (Lipinski definition) is 0. The third-order valence-corrected chi connectivity index (χ3v) is 2.08. The molecule has 0 spiro atoms. The highest BCUT2D eigenvalue weighted by atomic mass is 35.5. The van der Waals surface area contributed by atoms with Crippen molar-refractivity contribution in [2.45, 2.75) is 45.0 Å². The van der Waals surface area contributed by atoms with Gasteiger partial charge in [-0.2, -0.15) is 0 Å². The van der Waals surface area contributed by atoms with Crippen LogP contribution in [0, 0.1) is 0 Å². The minimum absolute atomic E-state index is 0.296. The summed E-state index contributed by atoms with van der Waals surface area (Å²) in [6, 6.07) is 0.296. The van der Waals surface area contributed by atoms with Crippen LogP contribution in [0.1, 0.15) is 26.7 Å². The second-order valence-electron chi connectivity index (χ2n) is 3.13. The molecular weight excluding hydrogens is 164 g/mol. The molecule has 1 rings (SSSR count). The third-order valence-electron chi connectivity index (χ3n) is 1.95.